The van der Waals surface area contributed by atoms with Crippen molar-refractivity contribution in [3.63, 3.8) is 0 Å². The lowest BCUT2D eigenvalue weighted by atomic mass is 10.2. The van der Waals surface area contributed by atoms with E-state index in [9.17, 15) is 25.6 Å². The van der Waals surface area contributed by atoms with E-state index in [0.29, 0.717) is 0 Å². The molecule has 118 valence electrons. The molecule has 21 heavy (non-hydrogen) atoms. The van der Waals surface area contributed by atoms with Crippen LogP contribution in [0.15, 0.2) is 17.0 Å². The average Bonchev–Trinajstić information content (AvgIpc) is 2.38. The van der Waals surface area contributed by atoms with Crippen LogP contribution in [-0.4, -0.2) is 50.8 Å². The molecule has 0 bridgehead atoms. The van der Waals surface area contributed by atoms with Gasteiger partial charge < -0.3 is 5.11 Å². The van der Waals surface area contributed by atoms with E-state index in [2.05, 4.69) is 0 Å². The number of hydrogen-bond donors (Lipinski definition) is 1. The SMILES string of the molecule is O=S1(=O)CCN(S(=O)(=O)c2ccc(F)c(CO)c2F)CC1. The van der Waals surface area contributed by atoms with Gasteiger partial charge in [-0.15, -0.1) is 0 Å². The molecule has 1 aromatic carbocycles. The summed E-state index contributed by atoms with van der Waals surface area (Å²) in [7, 11) is -7.56. The smallest absolute Gasteiger partial charge is 0.246 e. The van der Waals surface area contributed by atoms with Crippen molar-refractivity contribution >= 4 is 19.9 Å². The van der Waals surface area contributed by atoms with Gasteiger partial charge in [0.15, 0.2) is 15.7 Å². The Bertz CT molecular complexity index is 747. The molecule has 1 saturated heterocycles. The van der Waals surface area contributed by atoms with Crippen LogP contribution in [-0.2, 0) is 26.5 Å². The summed E-state index contributed by atoms with van der Waals surface area (Å²) in [4.78, 5) is -0.771. The molecule has 0 atom stereocenters. The molecule has 1 aliphatic heterocycles. The van der Waals surface area contributed by atoms with E-state index in [1.807, 2.05) is 0 Å². The van der Waals surface area contributed by atoms with E-state index in [4.69, 9.17) is 5.11 Å². The number of aliphatic hydroxyl groups is 1. The Hall–Kier alpha value is -1.10. The van der Waals surface area contributed by atoms with Gasteiger partial charge in [0.2, 0.25) is 10.0 Å². The predicted octanol–water partition coefficient (Wildman–Crippen LogP) is -0.124. The molecule has 0 spiro atoms. The summed E-state index contributed by atoms with van der Waals surface area (Å²) >= 11 is 0. The standard InChI is InChI=1S/C11H13F2NO5S2/c12-9-1-2-10(11(13)8(9)7-15)21(18,19)14-3-5-20(16,17)6-4-14/h1-2,15H,3-7H2. The van der Waals surface area contributed by atoms with Crippen molar-refractivity contribution < 1.29 is 30.7 Å². The van der Waals surface area contributed by atoms with E-state index in [0.717, 1.165) is 16.4 Å². The van der Waals surface area contributed by atoms with Gasteiger partial charge in [-0.3, -0.25) is 0 Å². The monoisotopic (exact) mass is 341 g/mol. The Morgan fingerprint density at radius 3 is 2.29 bits per heavy atom. The summed E-state index contributed by atoms with van der Waals surface area (Å²) in [5, 5.41) is 8.90. The van der Waals surface area contributed by atoms with Gasteiger partial charge in [-0.1, -0.05) is 0 Å². The minimum Gasteiger partial charge on any atom is -0.391 e. The lowest BCUT2D eigenvalue weighted by molar-refractivity contribution is 0.267. The highest BCUT2D eigenvalue weighted by Gasteiger charge is 2.33. The maximum atomic E-state index is 14.0. The van der Waals surface area contributed by atoms with Gasteiger partial charge in [-0.2, -0.15) is 4.31 Å². The zero-order valence-corrected chi connectivity index (χ0v) is 12.4. The van der Waals surface area contributed by atoms with Crippen LogP contribution in [0.3, 0.4) is 0 Å². The van der Waals surface area contributed by atoms with Crippen molar-refractivity contribution in [3.8, 4) is 0 Å². The topological polar surface area (TPSA) is 91.8 Å². The Balaban J connectivity index is 2.42. The van der Waals surface area contributed by atoms with Crippen molar-refractivity contribution in [2.75, 3.05) is 24.6 Å². The molecule has 1 heterocycles. The molecular weight excluding hydrogens is 328 g/mol. The van der Waals surface area contributed by atoms with Gasteiger partial charge in [0.1, 0.15) is 10.7 Å². The van der Waals surface area contributed by atoms with Gasteiger partial charge in [-0.05, 0) is 12.1 Å². The number of hydrogen-bond acceptors (Lipinski definition) is 5. The van der Waals surface area contributed by atoms with E-state index >= 15 is 0 Å². The zero-order valence-electron chi connectivity index (χ0n) is 10.8. The van der Waals surface area contributed by atoms with Gasteiger partial charge in [0.25, 0.3) is 0 Å². The summed E-state index contributed by atoms with van der Waals surface area (Å²) < 4.78 is 75.3. The molecule has 10 heteroatoms. The third-order valence-corrected chi connectivity index (χ3v) is 6.76. The van der Waals surface area contributed by atoms with Crippen molar-refractivity contribution in [3.05, 3.63) is 29.3 Å². The van der Waals surface area contributed by atoms with Crippen LogP contribution in [0.4, 0.5) is 8.78 Å². The predicted molar refractivity (Wildman–Crippen MR) is 69.7 cm³/mol. The van der Waals surface area contributed by atoms with E-state index in [1.165, 1.54) is 0 Å². The summed E-state index contributed by atoms with van der Waals surface area (Å²) in [5.41, 5.74) is -0.735. The maximum Gasteiger partial charge on any atom is 0.246 e. The third-order valence-electron chi connectivity index (χ3n) is 3.23. The average molecular weight is 341 g/mol. The molecule has 0 radical (unpaired) electrons. The lowest BCUT2D eigenvalue weighted by Gasteiger charge is -2.26. The van der Waals surface area contributed by atoms with Crippen LogP contribution in [0.2, 0.25) is 0 Å². The third kappa shape index (κ3) is 3.07. The molecule has 0 amide bonds. The molecular formula is C11H13F2NO5S2. The van der Waals surface area contributed by atoms with Crippen LogP contribution in [0.1, 0.15) is 5.56 Å². The Labute approximate surface area is 121 Å². The zero-order chi connectivity index (χ0) is 15.8. The molecule has 0 aliphatic carbocycles. The second-order valence-electron chi connectivity index (χ2n) is 4.55. The second-order valence-corrected chi connectivity index (χ2v) is 8.76. The van der Waals surface area contributed by atoms with Crippen LogP contribution in [0, 0.1) is 11.6 Å². The van der Waals surface area contributed by atoms with Crippen molar-refractivity contribution in [2.45, 2.75) is 11.5 Å². The molecule has 0 saturated carbocycles. The van der Waals surface area contributed by atoms with Gasteiger partial charge >= 0.3 is 0 Å². The molecule has 0 aromatic heterocycles. The number of nitrogens with zero attached hydrogens (tertiary/aromatic N) is 1. The lowest BCUT2D eigenvalue weighted by Crippen LogP contribution is -2.43. The highest BCUT2D eigenvalue weighted by atomic mass is 32.2. The van der Waals surface area contributed by atoms with E-state index < -0.39 is 48.6 Å². The normalized spacial score (nSPS) is 19.6. The molecule has 1 aliphatic rings. The molecule has 1 N–H and O–H groups in total. The number of aliphatic hydroxyl groups excluding tert-OH is 1. The first-order valence-electron chi connectivity index (χ1n) is 5.97. The minimum absolute atomic E-state index is 0.282. The van der Waals surface area contributed by atoms with Crippen LogP contribution < -0.4 is 0 Å². The number of halogens is 2. The summed E-state index contributed by atoms with van der Waals surface area (Å²) in [6.45, 7) is -1.54. The minimum atomic E-state index is -4.28. The summed E-state index contributed by atoms with van der Waals surface area (Å²) in [6.07, 6.45) is 0. The van der Waals surface area contributed by atoms with Crippen molar-refractivity contribution in [1.29, 1.82) is 0 Å². The molecule has 6 nitrogen and oxygen atoms in total. The van der Waals surface area contributed by atoms with Crippen LogP contribution in [0.25, 0.3) is 0 Å². The number of benzene rings is 1. The van der Waals surface area contributed by atoms with Crippen LogP contribution in [0.5, 0.6) is 0 Å². The quantitative estimate of drug-likeness (QED) is 0.827. The molecule has 2 rings (SSSR count). The van der Waals surface area contributed by atoms with Gasteiger partial charge in [0, 0.05) is 13.1 Å². The summed E-state index contributed by atoms with van der Waals surface area (Å²) in [6, 6.07) is 1.52. The van der Waals surface area contributed by atoms with E-state index in [1.54, 1.807) is 0 Å². The molecule has 0 unspecified atom stereocenters. The Kier molecular flexibility index (Phi) is 4.34. The summed E-state index contributed by atoms with van der Waals surface area (Å²) in [5.74, 6) is -3.09. The maximum absolute atomic E-state index is 14.0. The Morgan fingerprint density at radius 1 is 1.19 bits per heavy atom. The fraction of sp³-hybridized carbons (Fsp3) is 0.455. The highest BCUT2D eigenvalue weighted by molar-refractivity contribution is 7.92. The molecule has 1 aromatic rings. The fourth-order valence-corrected chi connectivity index (χ4v) is 4.96. The van der Waals surface area contributed by atoms with Crippen molar-refractivity contribution in [1.82, 2.24) is 4.31 Å². The number of rotatable bonds is 3. The first-order valence-corrected chi connectivity index (χ1v) is 9.23. The number of sulfonamides is 1. The Morgan fingerprint density at radius 2 is 1.76 bits per heavy atom. The second kappa shape index (κ2) is 5.59. The van der Waals surface area contributed by atoms with Crippen molar-refractivity contribution in [2.24, 2.45) is 0 Å². The highest BCUT2D eigenvalue weighted by Crippen LogP contribution is 2.25. The van der Waals surface area contributed by atoms with E-state index in [-0.39, 0.29) is 24.6 Å². The first kappa shape index (κ1) is 16.3. The largest absolute Gasteiger partial charge is 0.391 e. The van der Waals surface area contributed by atoms with Crippen LogP contribution >= 0.6 is 0 Å². The number of sulfone groups is 1. The molecule has 1 fully saturated rings. The van der Waals surface area contributed by atoms with Gasteiger partial charge in [0.05, 0.1) is 23.7 Å². The fourth-order valence-electron chi connectivity index (χ4n) is 2.00. The van der Waals surface area contributed by atoms with Gasteiger partial charge in [-0.25, -0.2) is 25.6 Å². The first-order chi connectivity index (χ1) is 9.69.